The Hall–Kier alpha value is -1.59. The molecule has 0 amide bonds. The normalized spacial score (nSPS) is 14.8. The number of piperazine rings is 1. The fraction of sp³-hybridized carbons (Fsp3) is 0.545. The maximum absolute atomic E-state index is 5.53. The van der Waals surface area contributed by atoms with Gasteiger partial charge >= 0.3 is 0 Å². The molecular weight excluding hydrogens is 525 g/mol. The molecule has 2 heterocycles. The number of halogens is 1. The van der Waals surface area contributed by atoms with Crippen LogP contribution < -0.4 is 14.8 Å². The van der Waals surface area contributed by atoms with Gasteiger partial charge in [0.05, 0.1) is 19.2 Å². The minimum Gasteiger partial charge on any atom is -0.497 e. The van der Waals surface area contributed by atoms with Gasteiger partial charge in [-0.15, -0.1) is 35.3 Å². The second-order valence-corrected chi connectivity index (χ2v) is 8.44. The van der Waals surface area contributed by atoms with Gasteiger partial charge in [0.1, 0.15) is 11.5 Å². The molecule has 1 N–H and O–H groups in total. The van der Waals surface area contributed by atoms with Crippen molar-refractivity contribution in [3.05, 3.63) is 39.8 Å². The number of guanidine groups is 1. The van der Waals surface area contributed by atoms with Crippen molar-refractivity contribution < 1.29 is 9.47 Å². The van der Waals surface area contributed by atoms with Crippen LogP contribution in [0, 0.1) is 0 Å². The van der Waals surface area contributed by atoms with Crippen LogP contribution in [-0.2, 0) is 19.4 Å². The van der Waals surface area contributed by atoms with Gasteiger partial charge < -0.3 is 19.7 Å². The van der Waals surface area contributed by atoms with Crippen molar-refractivity contribution in [3.63, 3.8) is 0 Å². The van der Waals surface area contributed by atoms with Crippen molar-refractivity contribution in [2.24, 2.45) is 4.99 Å². The average Bonchev–Trinajstić information content (AvgIpc) is 3.25. The zero-order chi connectivity index (χ0) is 21.3. The molecule has 7 nitrogen and oxygen atoms in total. The molecule has 1 saturated heterocycles. The molecule has 1 aliphatic rings. The van der Waals surface area contributed by atoms with Gasteiger partial charge in [-0.3, -0.25) is 9.89 Å². The predicted octanol–water partition coefficient (Wildman–Crippen LogP) is 3.28. The van der Waals surface area contributed by atoms with Crippen LogP contribution in [0.3, 0.4) is 0 Å². The number of nitrogens with zero attached hydrogens (tertiary/aromatic N) is 4. The molecule has 1 fully saturated rings. The molecule has 0 bridgehead atoms. The van der Waals surface area contributed by atoms with Crippen LogP contribution in [0.15, 0.2) is 29.4 Å². The number of methoxy groups -OCH3 is 2. The van der Waals surface area contributed by atoms with E-state index in [1.54, 1.807) is 25.6 Å². The molecule has 0 aliphatic carbocycles. The molecule has 9 heteroatoms. The van der Waals surface area contributed by atoms with E-state index in [-0.39, 0.29) is 24.0 Å². The summed E-state index contributed by atoms with van der Waals surface area (Å²) in [7, 11) is 5.27. The SMILES string of the molecule is CCc1cnc(CCNC(=NC)N2CCN(Cc3cc(OC)ccc3OC)CC2)s1.I. The van der Waals surface area contributed by atoms with E-state index in [2.05, 4.69) is 38.1 Å². The summed E-state index contributed by atoms with van der Waals surface area (Å²) in [5.74, 6) is 2.74. The highest BCUT2D eigenvalue weighted by Gasteiger charge is 2.20. The summed E-state index contributed by atoms with van der Waals surface area (Å²) in [5.41, 5.74) is 1.16. The van der Waals surface area contributed by atoms with Gasteiger partial charge in [0.15, 0.2) is 5.96 Å². The number of ether oxygens (including phenoxy) is 2. The lowest BCUT2D eigenvalue weighted by Gasteiger charge is -2.36. The van der Waals surface area contributed by atoms with Gasteiger partial charge in [-0.25, -0.2) is 4.98 Å². The van der Waals surface area contributed by atoms with Crippen LogP contribution in [0.2, 0.25) is 0 Å². The topological polar surface area (TPSA) is 62.2 Å². The molecule has 1 aliphatic heterocycles. The monoisotopic (exact) mass is 559 g/mol. The Morgan fingerprint density at radius 1 is 1.19 bits per heavy atom. The number of aliphatic imine (C=N–C) groups is 1. The van der Waals surface area contributed by atoms with E-state index in [0.29, 0.717) is 0 Å². The highest BCUT2D eigenvalue weighted by atomic mass is 127. The third-order valence-electron chi connectivity index (χ3n) is 5.34. The highest BCUT2D eigenvalue weighted by molar-refractivity contribution is 14.0. The summed E-state index contributed by atoms with van der Waals surface area (Å²) < 4.78 is 10.9. The summed E-state index contributed by atoms with van der Waals surface area (Å²) in [6.07, 6.45) is 3.98. The number of hydrogen-bond acceptors (Lipinski definition) is 6. The number of nitrogens with one attached hydrogen (secondary N) is 1. The Kier molecular flexibility index (Phi) is 10.8. The minimum atomic E-state index is 0. The number of hydrogen-bond donors (Lipinski definition) is 1. The van der Waals surface area contributed by atoms with Crippen LogP contribution in [0.5, 0.6) is 11.5 Å². The number of rotatable bonds is 8. The standard InChI is InChI=1S/C22H33N5O2S.HI/c1-5-19-15-25-21(30-19)8-9-24-22(23-2)27-12-10-26(11-13-27)16-17-14-18(28-3)6-7-20(17)29-4;/h6-7,14-15H,5,8-13,16H2,1-4H3,(H,23,24);1H. The first kappa shape index (κ1) is 25.7. The second kappa shape index (κ2) is 13.1. The Labute approximate surface area is 206 Å². The first-order valence-corrected chi connectivity index (χ1v) is 11.3. The maximum atomic E-state index is 5.53. The van der Waals surface area contributed by atoms with Crippen LogP contribution in [0.1, 0.15) is 22.4 Å². The van der Waals surface area contributed by atoms with Gasteiger partial charge in [0, 0.05) is 69.4 Å². The summed E-state index contributed by atoms with van der Waals surface area (Å²) >= 11 is 1.80. The maximum Gasteiger partial charge on any atom is 0.193 e. The van der Waals surface area contributed by atoms with E-state index >= 15 is 0 Å². The predicted molar refractivity (Wildman–Crippen MR) is 138 cm³/mol. The van der Waals surface area contributed by atoms with E-state index in [1.807, 2.05) is 25.4 Å². The molecule has 172 valence electrons. The Bertz CT molecular complexity index is 837. The fourth-order valence-corrected chi connectivity index (χ4v) is 4.47. The van der Waals surface area contributed by atoms with E-state index in [9.17, 15) is 0 Å². The van der Waals surface area contributed by atoms with Crippen molar-refractivity contribution in [2.45, 2.75) is 26.3 Å². The number of thiazole rings is 1. The Morgan fingerprint density at radius 3 is 2.58 bits per heavy atom. The van der Waals surface area contributed by atoms with Crippen LogP contribution in [0.25, 0.3) is 0 Å². The highest BCUT2D eigenvalue weighted by Crippen LogP contribution is 2.25. The smallest absolute Gasteiger partial charge is 0.193 e. The summed E-state index contributed by atoms with van der Waals surface area (Å²) in [6.45, 7) is 7.73. The van der Waals surface area contributed by atoms with E-state index in [4.69, 9.17) is 9.47 Å². The number of benzene rings is 1. The van der Waals surface area contributed by atoms with Crippen molar-refractivity contribution in [1.29, 1.82) is 0 Å². The lowest BCUT2D eigenvalue weighted by molar-refractivity contribution is 0.171. The van der Waals surface area contributed by atoms with E-state index in [1.165, 1.54) is 9.88 Å². The second-order valence-electron chi connectivity index (χ2n) is 7.24. The third-order valence-corrected chi connectivity index (χ3v) is 6.54. The van der Waals surface area contributed by atoms with Crippen LogP contribution in [-0.4, -0.2) is 74.7 Å². The van der Waals surface area contributed by atoms with E-state index < -0.39 is 0 Å². The first-order chi connectivity index (χ1) is 14.7. The summed E-state index contributed by atoms with van der Waals surface area (Å²) in [6, 6.07) is 5.97. The lowest BCUT2D eigenvalue weighted by atomic mass is 10.1. The number of aryl methyl sites for hydroxylation is 1. The molecule has 1 aromatic carbocycles. The third kappa shape index (κ3) is 7.21. The molecule has 0 radical (unpaired) electrons. The molecule has 0 saturated carbocycles. The van der Waals surface area contributed by atoms with Crippen molar-refractivity contribution in [2.75, 3.05) is 54.0 Å². The summed E-state index contributed by atoms with van der Waals surface area (Å²) in [4.78, 5) is 15.1. The molecule has 2 aromatic rings. The quantitative estimate of drug-likeness (QED) is 0.305. The van der Waals surface area contributed by atoms with Gasteiger partial charge in [-0.05, 0) is 24.6 Å². The Morgan fingerprint density at radius 2 is 1.97 bits per heavy atom. The molecule has 0 spiro atoms. The van der Waals surface area contributed by atoms with Gasteiger partial charge in [-0.1, -0.05) is 6.92 Å². The molecule has 0 atom stereocenters. The molecule has 31 heavy (non-hydrogen) atoms. The fourth-order valence-electron chi connectivity index (χ4n) is 3.60. The average molecular weight is 560 g/mol. The Balaban J connectivity index is 0.00000341. The van der Waals surface area contributed by atoms with Gasteiger partial charge in [0.2, 0.25) is 0 Å². The van der Waals surface area contributed by atoms with Crippen LogP contribution in [0.4, 0.5) is 0 Å². The number of aromatic nitrogens is 1. The summed E-state index contributed by atoms with van der Waals surface area (Å²) in [5, 5.41) is 4.69. The van der Waals surface area contributed by atoms with Crippen molar-refractivity contribution >= 4 is 41.3 Å². The minimum absolute atomic E-state index is 0. The molecular formula is C22H34IN5O2S. The zero-order valence-electron chi connectivity index (χ0n) is 18.9. The van der Waals surface area contributed by atoms with Crippen molar-refractivity contribution in [1.82, 2.24) is 20.1 Å². The lowest BCUT2D eigenvalue weighted by Crippen LogP contribution is -2.52. The van der Waals surface area contributed by atoms with Gasteiger partial charge in [0.25, 0.3) is 0 Å². The van der Waals surface area contributed by atoms with Crippen molar-refractivity contribution in [3.8, 4) is 11.5 Å². The zero-order valence-corrected chi connectivity index (χ0v) is 22.0. The molecule has 0 unspecified atom stereocenters. The van der Waals surface area contributed by atoms with Crippen LogP contribution >= 0.6 is 35.3 Å². The van der Waals surface area contributed by atoms with E-state index in [0.717, 1.165) is 75.1 Å². The molecule has 3 rings (SSSR count). The first-order valence-electron chi connectivity index (χ1n) is 10.5. The molecule has 1 aromatic heterocycles. The largest absolute Gasteiger partial charge is 0.497 e. The van der Waals surface area contributed by atoms with Gasteiger partial charge in [-0.2, -0.15) is 0 Å².